The number of hydrogen-bond donors (Lipinski definition) is 1. The van der Waals surface area contributed by atoms with Crippen LogP contribution >= 0.6 is 11.3 Å². The minimum Gasteiger partial charge on any atom is -0.493 e. The fourth-order valence-electron chi connectivity index (χ4n) is 3.27. The van der Waals surface area contributed by atoms with Crippen molar-refractivity contribution in [3.63, 3.8) is 0 Å². The van der Waals surface area contributed by atoms with E-state index in [0.29, 0.717) is 28.6 Å². The zero-order valence-electron chi connectivity index (χ0n) is 16.4. The lowest BCUT2D eigenvalue weighted by molar-refractivity contribution is 0.102. The highest BCUT2D eigenvalue weighted by molar-refractivity contribution is 7.15. The predicted molar refractivity (Wildman–Crippen MR) is 110 cm³/mol. The van der Waals surface area contributed by atoms with Gasteiger partial charge in [-0.2, -0.15) is 0 Å². The molecule has 1 amide bonds. The van der Waals surface area contributed by atoms with Gasteiger partial charge in [-0.05, 0) is 48.4 Å². The summed E-state index contributed by atoms with van der Waals surface area (Å²) in [6, 6.07) is 11.2. The fourth-order valence-corrected chi connectivity index (χ4v) is 4.04. The molecule has 2 aromatic carbocycles. The number of rotatable bonds is 6. The third-order valence-electron chi connectivity index (χ3n) is 4.65. The third-order valence-corrected chi connectivity index (χ3v) is 5.49. The molecule has 0 bridgehead atoms. The average molecular weight is 411 g/mol. The largest absolute Gasteiger partial charge is 0.493 e. The normalized spacial score (nSPS) is 14.8. The molecule has 0 radical (unpaired) electrons. The Bertz CT molecular complexity index is 1050. The molecular formula is C21H21N3O4S. The number of carbonyl (C=O) groups excluding carboxylic acids is 1. The molecule has 1 atom stereocenters. The Morgan fingerprint density at radius 2 is 2.00 bits per heavy atom. The van der Waals surface area contributed by atoms with E-state index in [4.69, 9.17) is 14.2 Å². The highest BCUT2D eigenvalue weighted by atomic mass is 32.1. The van der Waals surface area contributed by atoms with Crippen LogP contribution in [0, 0.1) is 0 Å². The lowest BCUT2D eigenvalue weighted by Crippen LogP contribution is -2.11. The zero-order valence-corrected chi connectivity index (χ0v) is 17.2. The predicted octanol–water partition coefficient (Wildman–Crippen LogP) is 3.72. The summed E-state index contributed by atoms with van der Waals surface area (Å²) in [4.78, 5) is 12.6. The second-order valence-electron chi connectivity index (χ2n) is 6.78. The van der Waals surface area contributed by atoms with Gasteiger partial charge in [-0.25, -0.2) is 0 Å². The molecule has 1 aliphatic heterocycles. The highest BCUT2D eigenvalue weighted by Crippen LogP contribution is 2.31. The van der Waals surface area contributed by atoms with Crippen LogP contribution < -0.4 is 19.5 Å². The Kier molecular flexibility index (Phi) is 5.35. The lowest BCUT2D eigenvalue weighted by atomic mass is 10.1. The average Bonchev–Trinajstić information content (AvgIpc) is 3.32. The molecule has 0 aliphatic carbocycles. The highest BCUT2D eigenvalue weighted by Gasteiger charge is 2.21. The van der Waals surface area contributed by atoms with Gasteiger partial charge in [-0.1, -0.05) is 17.4 Å². The van der Waals surface area contributed by atoms with E-state index in [2.05, 4.69) is 15.5 Å². The molecule has 0 saturated heterocycles. The molecule has 8 heteroatoms. The van der Waals surface area contributed by atoms with Gasteiger partial charge in [0.1, 0.15) is 16.9 Å². The number of nitrogens with one attached hydrogen (secondary N) is 1. The van der Waals surface area contributed by atoms with Crippen LogP contribution in [0.15, 0.2) is 36.4 Å². The van der Waals surface area contributed by atoms with Crippen molar-refractivity contribution in [3.8, 4) is 17.2 Å². The van der Waals surface area contributed by atoms with Crippen molar-refractivity contribution in [2.24, 2.45) is 0 Å². The van der Waals surface area contributed by atoms with Crippen molar-refractivity contribution in [1.29, 1.82) is 0 Å². The number of aromatic nitrogens is 2. The van der Waals surface area contributed by atoms with Crippen LogP contribution in [0.2, 0.25) is 0 Å². The van der Waals surface area contributed by atoms with E-state index in [9.17, 15) is 4.79 Å². The molecule has 2 heterocycles. The van der Waals surface area contributed by atoms with Crippen molar-refractivity contribution in [2.75, 3.05) is 19.5 Å². The van der Waals surface area contributed by atoms with E-state index in [0.717, 1.165) is 28.3 Å². The Morgan fingerprint density at radius 1 is 1.17 bits per heavy atom. The number of benzene rings is 2. The number of methoxy groups -OCH3 is 2. The van der Waals surface area contributed by atoms with E-state index in [1.807, 2.05) is 37.3 Å². The Labute approximate surface area is 172 Å². The number of carbonyl (C=O) groups is 1. The Balaban J connectivity index is 1.43. The van der Waals surface area contributed by atoms with Crippen molar-refractivity contribution >= 4 is 22.4 Å². The first-order chi connectivity index (χ1) is 14.1. The maximum atomic E-state index is 12.6. The summed E-state index contributed by atoms with van der Waals surface area (Å²) in [5.74, 6) is 1.98. The number of amides is 1. The van der Waals surface area contributed by atoms with E-state index < -0.39 is 0 Å². The van der Waals surface area contributed by atoms with E-state index in [-0.39, 0.29) is 12.0 Å². The van der Waals surface area contributed by atoms with Gasteiger partial charge in [0.2, 0.25) is 5.13 Å². The molecule has 150 valence electrons. The van der Waals surface area contributed by atoms with Crippen molar-refractivity contribution in [3.05, 3.63) is 58.1 Å². The summed E-state index contributed by atoms with van der Waals surface area (Å²) in [5.41, 5.74) is 2.65. The van der Waals surface area contributed by atoms with Gasteiger partial charge in [0.15, 0.2) is 11.5 Å². The molecular weight excluding hydrogens is 390 g/mol. The van der Waals surface area contributed by atoms with Crippen LogP contribution in [-0.4, -0.2) is 36.4 Å². The summed E-state index contributed by atoms with van der Waals surface area (Å²) in [6.07, 6.45) is 1.54. The molecule has 0 spiro atoms. The van der Waals surface area contributed by atoms with E-state index >= 15 is 0 Å². The van der Waals surface area contributed by atoms with Crippen molar-refractivity contribution in [1.82, 2.24) is 10.2 Å². The number of anilines is 1. The summed E-state index contributed by atoms with van der Waals surface area (Å²) in [7, 11) is 3.21. The second kappa shape index (κ2) is 8.08. The number of nitrogens with zero attached hydrogens (tertiary/aromatic N) is 2. The zero-order chi connectivity index (χ0) is 20.4. The topological polar surface area (TPSA) is 82.6 Å². The summed E-state index contributed by atoms with van der Waals surface area (Å²) in [6.45, 7) is 2.01. The molecule has 4 rings (SSSR count). The van der Waals surface area contributed by atoms with Gasteiger partial charge in [-0.15, -0.1) is 10.2 Å². The Hall–Kier alpha value is -3.13. The first-order valence-corrected chi connectivity index (χ1v) is 10.0. The quantitative estimate of drug-likeness (QED) is 0.666. The number of ether oxygens (including phenoxy) is 3. The van der Waals surface area contributed by atoms with Crippen molar-refractivity contribution < 1.29 is 19.0 Å². The summed E-state index contributed by atoms with van der Waals surface area (Å²) >= 11 is 1.35. The van der Waals surface area contributed by atoms with Gasteiger partial charge < -0.3 is 14.2 Å². The molecule has 1 N–H and O–H groups in total. The monoisotopic (exact) mass is 411 g/mol. The fraction of sp³-hybridized carbons (Fsp3) is 0.286. The van der Waals surface area contributed by atoms with E-state index in [1.165, 1.54) is 11.3 Å². The molecule has 3 aromatic rings. The van der Waals surface area contributed by atoms with Gasteiger partial charge in [-0.3, -0.25) is 10.1 Å². The molecule has 29 heavy (non-hydrogen) atoms. The minimum atomic E-state index is -0.207. The molecule has 1 aromatic heterocycles. The minimum absolute atomic E-state index is 0.144. The van der Waals surface area contributed by atoms with Crippen LogP contribution in [0.25, 0.3) is 0 Å². The number of fused-ring (bicyclic) bond motifs is 1. The standard InChI is InChI=1S/C21H21N3O4S/c1-12-8-15-11-14(5-7-16(15)28-12)20(25)22-21-24-23-19(29-21)10-13-4-6-17(26-2)18(9-13)27-3/h4-7,9,11-12H,8,10H2,1-3H3,(H,22,24,25)/t12-/m1/s1. The number of hydrogen-bond acceptors (Lipinski definition) is 7. The SMILES string of the molecule is COc1ccc(Cc2nnc(NC(=O)c3ccc4c(c3)C[C@@H](C)O4)s2)cc1OC. The molecule has 7 nitrogen and oxygen atoms in total. The van der Waals surface area contributed by atoms with Crippen molar-refractivity contribution in [2.45, 2.75) is 25.9 Å². The van der Waals surface area contributed by atoms with Gasteiger partial charge in [0.25, 0.3) is 5.91 Å². The third kappa shape index (κ3) is 4.17. The van der Waals surface area contributed by atoms with Crippen LogP contribution in [0.3, 0.4) is 0 Å². The summed E-state index contributed by atoms with van der Waals surface area (Å²) in [5, 5.41) is 12.4. The first kappa shape index (κ1) is 19.2. The molecule has 0 saturated carbocycles. The van der Waals surface area contributed by atoms with Gasteiger partial charge in [0.05, 0.1) is 14.2 Å². The maximum Gasteiger partial charge on any atom is 0.257 e. The summed E-state index contributed by atoms with van der Waals surface area (Å²) < 4.78 is 16.3. The van der Waals surface area contributed by atoms with Gasteiger partial charge in [0, 0.05) is 18.4 Å². The first-order valence-electron chi connectivity index (χ1n) is 9.20. The van der Waals surface area contributed by atoms with Crippen LogP contribution in [-0.2, 0) is 12.8 Å². The van der Waals surface area contributed by atoms with Gasteiger partial charge >= 0.3 is 0 Å². The Morgan fingerprint density at radius 3 is 2.79 bits per heavy atom. The maximum absolute atomic E-state index is 12.6. The van der Waals surface area contributed by atoms with E-state index in [1.54, 1.807) is 20.3 Å². The molecule has 1 aliphatic rings. The van der Waals surface area contributed by atoms with Crippen LogP contribution in [0.5, 0.6) is 17.2 Å². The molecule has 0 fully saturated rings. The lowest BCUT2D eigenvalue weighted by Gasteiger charge is -2.08. The van der Waals surface area contributed by atoms with Crippen LogP contribution in [0.1, 0.15) is 33.4 Å². The molecule has 0 unspecified atom stereocenters. The van der Waals surface area contributed by atoms with Crippen LogP contribution in [0.4, 0.5) is 5.13 Å². The smallest absolute Gasteiger partial charge is 0.257 e. The second-order valence-corrected chi connectivity index (χ2v) is 7.84.